The second-order valence-electron chi connectivity index (χ2n) is 5.43. The van der Waals surface area contributed by atoms with E-state index in [1.807, 2.05) is 24.3 Å². The Morgan fingerprint density at radius 3 is 2.56 bits per heavy atom. The van der Waals surface area contributed by atoms with E-state index in [1.54, 1.807) is 0 Å². The highest BCUT2D eigenvalue weighted by Crippen LogP contribution is 2.40. The largest absolute Gasteiger partial charge is 0.494 e. The standard InChI is InChI=1S/C16H24O2/c1-3-11-18-14-9-7-13(8-10-14)16(17)15-6-4-5-12(15)2/h7-10,12,15-17H,3-6,11H2,1-2H3. The highest BCUT2D eigenvalue weighted by molar-refractivity contribution is 5.29. The molecule has 0 amide bonds. The maximum atomic E-state index is 10.4. The van der Waals surface area contributed by atoms with Crippen molar-refractivity contribution < 1.29 is 9.84 Å². The Kier molecular flexibility index (Phi) is 4.65. The zero-order valence-corrected chi connectivity index (χ0v) is 11.4. The average molecular weight is 248 g/mol. The number of hydrogen-bond donors (Lipinski definition) is 1. The number of ether oxygens (including phenoxy) is 1. The van der Waals surface area contributed by atoms with Crippen LogP contribution in [0, 0.1) is 11.8 Å². The number of rotatable bonds is 5. The fraction of sp³-hybridized carbons (Fsp3) is 0.625. The summed E-state index contributed by atoms with van der Waals surface area (Å²) in [5.41, 5.74) is 1.03. The third-order valence-electron chi connectivity index (χ3n) is 4.03. The molecule has 0 aromatic heterocycles. The van der Waals surface area contributed by atoms with Crippen LogP contribution in [0.3, 0.4) is 0 Å². The van der Waals surface area contributed by atoms with E-state index >= 15 is 0 Å². The van der Waals surface area contributed by atoms with Crippen molar-refractivity contribution in [1.29, 1.82) is 0 Å². The molecule has 1 aliphatic rings. The Morgan fingerprint density at radius 1 is 1.28 bits per heavy atom. The summed E-state index contributed by atoms with van der Waals surface area (Å²) in [7, 11) is 0. The van der Waals surface area contributed by atoms with Crippen LogP contribution in [0.25, 0.3) is 0 Å². The van der Waals surface area contributed by atoms with Crippen LogP contribution in [0.4, 0.5) is 0 Å². The van der Waals surface area contributed by atoms with Gasteiger partial charge in [0.05, 0.1) is 12.7 Å². The molecule has 0 bridgehead atoms. The molecule has 1 aromatic rings. The van der Waals surface area contributed by atoms with Crippen molar-refractivity contribution in [3.63, 3.8) is 0 Å². The predicted octanol–water partition coefficient (Wildman–Crippen LogP) is 3.95. The van der Waals surface area contributed by atoms with Gasteiger partial charge in [-0.2, -0.15) is 0 Å². The van der Waals surface area contributed by atoms with Crippen molar-refractivity contribution in [1.82, 2.24) is 0 Å². The van der Waals surface area contributed by atoms with E-state index in [1.165, 1.54) is 12.8 Å². The molecule has 1 fully saturated rings. The van der Waals surface area contributed by atoms with E-state index < -0.39 is 0 Å². The lowest BCUT2D eigenvalue weighted by Gasteiger charge is -2.22. The lowest BCUT2D eigenvalue weighted by atomic mass is 9.88. The second-order valence-corrected chi connectivity index (χ2v) is 5.43. The number of hydrogen-bond acceptors (Lipinski definition) is 2. The Labute approximate surface area is 110 Å². The summed E-state index contributed by atoms with van der Waals surface area (Å²) in [5, 5.41) is 10.4. The van der Waals surface area contributed by atoms with E-state index in [2.05, 4.69) is 13.8 Å². The first kappa shape index (κ1) is 13.4. The average Bonchev–Trinajstić information content (AvgIpc) is 2.82. The van der Waals surface area contributed by atoms with Crippen molar-refractivity contribution in [2.45, 2.75) is 45.6 Å². The van der Waals surface area contributed by atoms with Gasteiger partial charge >= 0.3 is 0 Å². The smallest absolute Gasteiger partial charge is 0.119 e. The van der Waals surface area contributed by atoms with Gasteiger partial charge in [0.2, 0.25) is 0 Å². The lowest BCUT2D eigenvalue weighted by molar-refractivity contribution is 0.0900. The summed E-state index contributed by atoms with van der Waals surface area (Å²) in [5.74, 6) is 1.95. The molecule has 1 aliphatic carbocycles. The summed E-state index contributed by atoms with van der Waals surface area (Å²) in [6.45, 7) is 5.10. The van der Waals surface area contributed by atoms with Crippen molar-refractivity contribution >= 4 is 0 Å². The number of aliphatic hydroxyl groups excluding tert-OH is 1. The first-order chi connectivity index (χ1) is 8.72. The van der Waals surface area contributed by atoms with E-state index in [0.717, 1.165) is 30.8 Å². The lowest BCUT2D eigenvalue weighted by Crippen LogP contribution is -2.15. The van der Waals surface area contributed by atoms with Crippen LogP contribution >= 0.6 is 0 Å². The van der Waals surface area contributed by atoms with Crippen LogP contribution in [-0.4, -0.2) is 11.7 Å². The molecule has 0 spiro atoms. The van der Waals surface area contributed by atoms with Gasteiger partial charge in [-0.1, -0.05) is 38.8 Å². The molecular formula is C16H24O2. The molecule has 0 heterocycles. The summed E-state index contributed by atoms with van der Waals surface area (Å²) < 4.78 is 5.55. The molecule has 18 heavy (non-hydrogen) atoms. The number of benzene rings is 1. The molecule has 1 aromatic carbocycles. The monoisotopic (exact) mass is 248 g/mol. The number of aliphatic hydroxyl groups is 1. The Bertz CT molecular complexity index is 358. The second kappa shape index (κ2) is 6.24. The van der Waals surface area contributed by atoms with Crippen molar-refractivity contribution in [2.24, 2.45) is 11.8 Å². The van der Waals surface area contributed by atoms with Gasteiger partial charge < -0.3 is 9.84 Å². The molecule has 3 unspecified atom stereocenters. The predicted molar refractivity (Wildman–Crippen MR) is 73.7 cm³/mol. The molecule has 1 saturated carbocycles. The molecule has 100 valence electrons. The van der Waals surface area contributed by atoms with Crippen LogP contribution in [0.5, 0.6) is 5.75 Å². The van der Waals surface area contributed by atoms with Gasteiger partial charge in [0.25, 0.3) is 0 Å². The van der Waals surface area contributed by atoms with Crippen LogP contribution in [0.1, 0.15) is 51.2 Å². The molecule has 2 nitrogen and oxygen atoms in total. The van der Waals surface area contributed by atoms with Gasteiger partial charge in [-0.05, 0) is 42.4 Å². The zero-order valence-electron chi connectivity index (χ0n) is 11.4. The van der Waals surface area contributed by atoms with Gasteiger partial charge in [0.1, 0.15) is 5.75 Å². The molecule has 0 radical (unpaired) electrons. The van der Waals surface area contributed by atoms with Gasteiger partial charge in [-0.25, -0.2) is 0 Å². The van der Waals surface area contributed by atoms with Crippen LogP contribution in [0.2, 0.25) is 0 Å². The summed E-state index contributed by atoms with van der Waals surface area (Å²) >= 11 is 0. The van der Waals surface area contributed by atoms with E-state index in [-0.39, 0.29) is 6.10 Å². The Hall–Kier alpha value is -1.02. The maximum Gasteiger partial charge on any atom is 0.119 e. The molecule has 2 heteroatoms. The highest BCUT2D eigenvalue weighted by Gasteiger charge is 2.30. The SMILES string of the molecule is CCCOc1ccc(C(O)C2CCCC2C)cc1. The summed E-state index contributed by atoms with van der Waals surface area (Å²) in [6.07, 6.45) is 4.35. The van der Waals surface area contributed by atoms with E-state index in [0.29, 0.717) is 11.8 Å². The minimum Gasteiger partial charge on any atom is -0.494 e. The zero-order chi connectivity index (χ0) is 13.0. The summed E-state index contributed by atoms with van der Waals surface area (Å²) in [6, 6.07) is 7.93. The van der Waals surface area contributed by atoms with E-state index in [4.69, 9.17) is 4.74 Å². The van der Waals surface area contributed by atoms with Crippen LogP contribution in [-0.2, 0) is 0 Å². The Morgan fingerprint density at radius 2 is 2.00 bits per heavy atom. The molecule has 1 N–H and O–H groups in total. The fourth-order valence-corrected chi connectivity index (χ4v) is 2.87. The quantitative estimate of drug-likeness (QED) is 0.855. The fourth-order valence-electron chi connectivity index (χ4n) is 2.87. The van der Waals surface area contributed by atoms with Gasteiger partial charge in [0, 0.05) is 0 Å². The minimum atomic E-state index is -0.317. The first-order valence-corrected chi connectivity index (χ1v) is 7.13. The van der Waals surface area contributed by atoms with Crippen molar-refractivity contribution in [3.8, 4) is 5.75 Å². The molecule has 3 atom stereocenters. The van der Waals surface area contributed by atoms with Crippen LogP contribution in [0.15, 0.2) is 24.3 Å². The summed E-state index contributed by atoms with van der Waals surface area (Å²) in [4.78, 5) is 0. The van der Waals surface area contributed by atoms with Gasteiger partial charge in [0.15, 0.2) is 0 Å². The maximum absolute atomic E-state index is 10.4. The van der Waals surface area contributed by atoms with Gasteiger partial charge in [-0.3, -0.25) is 0 Å². The van der Waals surface area contributed by atoms with Crippen molar-refractivity contribution in [2.75, 3.05) is 6.61 Å². The first-order valence-electron chi connectivity index (χ1n) is 7.13. The molecule has 0 saturated heterocycles. The topological polar surface area (TPSA) is 29.5 Å². The molecule has 0 aliphatic heterocycles. The van der Waals surface area contributed by atoms with Crippen LogP contribution < -0.4 is 4.74 Å². The normalized spacial score (nSPS) is 25.1. The van der Waals surface area contributed by atoms with Crippen molar-refractivity contribution in [3.05, 3.63) is 29.8 Å². The molecule has 2 rings (SSSR count). The minimum absolute atomic E-state index is 0.317. The van der Waals surface area contributed by atoms with Gasteiger partial charge in [-0.15, -0.1) is 0 Å². The van der Waals surface area contributed by atoms with E-state index in [9.17, 15) is 5.11 Å². The third kappa shape index (κ3) is 3.05. The highest BCUT2D eigenvalue weighted by atomic mass is 16.5. The Balaban J connectivity index is 2.00. The third-order valence-corrected chi connectivity index (χ3v) is 4.03. The molecular weight excluding hydrogens is 224 g/mol.